The van der Waals surface area contributed by atoms with Crippen LogP contribution in [0.25, 0.3) is 10.7 Å². The van der Waals surface area contributed by atoms with Gasteiger partial charge in [-0.25, -0.2) is 8.42 Å². The average Bonchev–Trinajstić information content (AvgIpc) is 3.43. The minimum atomic E-state index is -3.76. The van der Waals surface area contributed by atoms with Crippen molar-refractivity contribution in [3.8, 4) is 10.7 Å². The first-order valence-electron chi connectivity index (χ1n) is 12.1. The van der Waals surface area contributed by atoms with Crippen molar-refractivity contribution in [2.75, 3.05) is 18.4 Å². The second kappa shape index (κ2) is 9.48. The van der Waals surface area contributed by atoms with E-state index in [1.54, 1.807) is 13.0 Å². The zero-order chi connectivity index (χ0) is 24.7. The van der Waals surface area contributed by atoms with Gasteiger partial charge in [-0.1, -0.05) is 23.7 Å². The Kier molecular flexibility index (Phi) is 6.54. The van der Waals surface area contributed by atoms with Crippen LogP contribution in [-0.2, 0) is 14.8 Å². The number of carbonyl (C=O) groups excluding carboxylic acids is 1. The van der Waals surface area contributed by atoms with Crippen LogP contribution in [0.2, 0.25) is 0 Å². The quantitative estimate of drug-likeness (QED) is 0.495. The molecule has 3 heterocycles. The van der Waals surface area contributed by atoms with E-state index in [0.29, 0.717) is 46.8 Å². The second-order valence-electron chi connectivity index (χ2n) is 9.55. The fourth-order valence-corrected chi connectivity index (χ4v) is 7.63. The molecule has 0 spiro atoms. The molecule has 1 saturated carbocycles. The molecule has 35 heavy (non-hydrogen) atoms. The van der Waals surface area contributed by atoms with E-state index < -0.39 is 15.9 Å². The topological polar surface area (TPSA) is 105 Å². The summed E-state index contributed by atoms with van der Waals surface area (Å²) in [5.74, 6) is 0.845. The number of anilines is 1. The van der Waals surface area contributed by atoms with Crippen LogP contribution in [0.1, 0.15) is 59.9 Å². The maximum absolute atomic E-state index is 13.6. The summed E-state index contributed by atoms with van der Waals surface area (Å²) in [6.07, 6.45) is 4.57. The molecule has 186 valence electrons. The summed E-state index contributed by atoms with van der Waals surface area (Å²) < 4.78 is 34.0. The predicted molar refractivity (Wildman–Crippen MR) is 135 cm³/mol. The number of piperidine rings is 1. The third kappa shape index (κ3) is 4.66. The Hall–Kier alpha value is -2.56. The number of hydrogen-bond donors (Lipinski definition) is 1. The van der Waals surface area contributed by atoms with E-state index in [1.807, 2.05) is 32.0 Å². The summed E-state index contributed by atoms with van der Waals surface area (Å²) in [7, 11) is -3.76. The molecule has 3 aromatic rings. The number of hydrogen-bond acceptors (Lipinski definition) is 7. The highest BCUT2D eigenvalue weighted by atomic mass is 32.2. The van der Waals surface area contributed by atoms with E-state index in [0.717, 1.165) is 29.7 Å². The number of aromatic nitrogens is 2. The van der Waals surface area contributed by atoms with Crippen molar-refractivity contribution in [3.63, 3.8) is 0 Å². The summed E-state index contributed by atoms with van der Waals surface area (Å²) >= 11 is 1.35. The summed E-state index contributed by atoms with van der Waals surface area (Å²) in [6, 6.07) is 7.43. The van der Waals surface area contributed by atoms with Crippen molar-refractivity contribution < 1.29 is 17.7 Å². The van der Waals surface area contributed by atoms with Gasteiger partial charge in [-0.2, -0.15) is 9.29 Å². The second-order valence-corrected chi connectivity index (χ2v) is 12.7. The molecule has 1 N–H and O–H groups in total. The number of nitrogens with one attached hydrogen (secondary N) is 1. The highest BCUT2D eigenvalue weighted by Gasteiger charge is 2.35. The Morgan fingerprint density at radius 1 is 1.17 bits per heavy atom. The minimum absolute atomic E-state index is 0.142. The molecule has 0 bridgehead atoms. The van der Waals surface area contributed by atoms with E-state index in [2.05, 4.69) is 15.5 Å². The van der Waals surface area contributed by atoms with Crippen LogP contribution in [0.4, 0.5) is 5.69 Å². The van der Waals surface area contributed by atoms with Crippen molar-refractivity contribution in [3.05, 3.63) is 46.2 Å². The molecule has 1 aliphatic heterocycles. The van der Waals surface area contributed by atoms with E-state index in [-0.39, 0.29) is 17.3 Å². The molecular formula is C25H30N4O4S2. The van der Waals surface area contributed by atoms with E-state index >= 15 is 0 Å². The largest absolute Gasteiger partial charge is 0.339 e. The number of thiophene rings is 1. The molecule has 2 fully saturated rings. The van der Waals surface area contributed by atoms with Crippen molar-refractivity contribution >= 4 is 33.0 Å². The van der Waals surface area contributed by atoms with Gasteiger partial charge >= 0.3 is 0 Å². The number of nitrogens with zero attached hydrogens (tertiary/aromatic N) is 3. The molecule has 8 nitrogen and oxygen atoms in total. The van der Waals surface area contributed by atoms with Crippen LogP contribution in [0.3, 0.4) is 0 Å². The zero-order valence-electron chi connectivity index (χ0n) is 20.2. The number of aryl methyl sites for hydroxylation is 2. The van der Waals surface area contributed by atoms with Gasteiger partial charge in [0.25, 0.3) is 0 Å². The molecule has 5 rings (SSSR count). The van der Waals surface area contributed by atoms with Crippen LogP contribution in [0, 0.1) is 26.7 Å². The highest BCUT2D eigenvalue weighted by Crippen LogP contribution is 2.38. The number of carbonyl (C=O) groups is 1. The van der Waals surface area contributed by atoms with Gasteiger partial charge < -0.3 is 9.84 Å². The lowest BCUT2D eigenvalue weighted by atomic mass is 9.85. The standard InChI is InChI=1S/C25H30N4O4S2/c1-15-7-4-11-20(16(15)2)26-24(30)19-10-6-12-29(14-19)35(31,32)22-13-21(34-17(22)3)23-27-25(33-28-23)18-8-5-9-18/h4,7,11,13,18-19H,5-6,8-10,12,14H2,1-3H3,(H,26,30)/t19-/m0/s1. The monoisotopic (exact) mass is 514 g/mol. The molecule has 0 unspecified atom stereocenters. The molecule has 1 aliphatic carbocycles. The number of rotatable bonds is 6. The lowest BCUT2D eigenvalue weighted by molar-refractivity contribution is -0.120. The van der Waals surface area contributed by atoms with Gasteiger partial charge in [-0.05, 0) is 69.7 Å². The first-order chi connectivity index (χ1) is 16.7. The molecule has 0 radical (unpaired) electrons. The van der Waals surface area contributed by atoms with E-state index in [1.165, 1.54) is 22.1 Å². The smallest absolute Gasteiger partial charge is 0.244 e. The Morgan fingerprint density at radius 2 is 1.97 bits per heavy atom. The Balaban J connectivity index is 1.32. The predicted octanol–water partition coefficient (Wildman–Crippen LogP) is 5.03. The molecule has 1 saturated heterocycles. The highest BCUT2D eigenvalue weighted by molar-refractivity contribution is 7.89. The van der Waals surface area contributed by atoms with Crippen molar-refractivity contribution in [2.24, 2.45) is 5.92 Å². The maximum Gasteiger partial charge on any atom is 0.244 e. The average molecular weight is 515 g/mol. The first-order valence-corrected chi connectivity index (χ1v) is 14.3. The molecule has 2 aliphatic rings. The van der Waals surface area contributed by atoms with E-state index in [4.69, 9.17) is 4.52 Å². The lowest BCUT2D eigenvalue weighted by Gasteiger charge is -2.31. The Morgan fingerprint density at radius 3 is 2.71 bits per heavy atom. The Bertz CT molecular complexity index is 1360. The fourth-order valence-electron chi connectivity index (χ4n) is 4.62. The van der Waals surface area contributed by atoms with Gasteiger partial charge in [0.15, 0.2) is 0 Å². The molecule has 1 amide bonds. The van der Waals surface area contributed by atoms with Crippen molar-refractivity contribution in [1.82, 2.24) is 14.4 Å². The van der Waals surface area contributed by atoms with Crippen molar-refractivity contribution in [2.45, 2.75) is 63.7 Å². The molecule has 1 aromatic carbocycles. The van der Waals surface area contributed by atoms with Crippen LogP contribution < -0.4 is 5.32 Å². The van der Waals surface area contributed by atoms with Crippen LogP contribution in [0.5, 0.6) is 0 Å². The lowest BCUT2D eigenvalue weighted by Crippen LogP contribution is -2.43. The summed E-state index contributed by atoms with van der Waals surface area (Å²) in [4.78, 5) is 19.1. The summed E-state index contributed by atoms with van der Waals surface area (Å²) in [5.41, 5.74) is 2.89. The molecule has 1 atom stereocenters. The molecular weight excluding hydrogens is 484 g/mol. The molecule has 10 heteroatoms. The normalized spacial score (nSPS) is 19.5. The maximum atomic E-state index is 13.6. The number of sulfonamides is 1. The molecule has 2 aromatic heterocycles. The fraction of sp³-hybridized carbons (Fsp3) is 0.480. The third-order valence-corrected chi connectivity index (χ3v) is 10.4. The van der Waals surface area contributed by atoms with Gasteiger partial charge in [-0.3, -0.25) is 4.79 Å². The number of benzene rings is 1. The SMILES string of the molecule is Cc1cccc(NC(=O)[C@H]2CCCN(S(=O)(=O)c3cc(-c4noc(C5CCC5)n4)sc3C)C2)c1C. The first kappa shape index (κ1) is 24.1. The van der Waals surface area contributed by atoms with Crippen LogP contribution in [0.15, 0.2) is 33.7 Å². The van der Waals surface area contributed by atoms with Gasteiger partial charge in [0.1, 0.15) is 0 Å². The van der Waals surface area contributed by atoms with Gasteiger partial charge in [0, 0.05) is 29.6 Å². The van der Waals surface area contributed by atoms with Gasteiger partial charge in [0.2, 0.25) is 27.6 Å². The summed E-state index contributed by atoms with van der Waals surface area (Å²) in [5, 5.41) is 7.09. The van der Waals surface area contributed by atoms with Crippen LogP contribution in [-0.4, -0.2) is 41.9 Å². The van der Waals surface area contributed by atoms with E-state index in [9.17, 15) is 13.2 Å². The minimum Gasteiger partial charge on any atom is -0.339 e. The van der Waals surface area contributed by atoms with Gasteiger partial charge in [-0.15, -0.1) is 11.3 Å². The van der Waals surface area contributed by atoms with Crippen LogP contribution >= 0.6 is 11.3 Å². The van der Waals surface area contributed by atoms with Gasteiger partial charge in [0.05, 0.1) is 15.7 Å². The zero-order valence-corrected chi connectivity index (χ0v) is 21.8. The third-order valence-electron chi connectivity index (χ3n) is 7.22. The summed E-state index contributed by atoms with van der Waals surface area (Å²) in [6.45, 7) is 6.33. The number of amides is 1. The Labute approximate surface area is 209 Å². The van der Waals surface area contributed by atoms with Crippen molar-refractivity contribution in [1.29, 1.82) is 0 Å².